The van der Waals surface area contributed by atoms with E-state index in [9.17, 15) is 9.59 Å². The van der Waals surface area contributed by atoms with Gasteiger partial charge in [0.25, 0.3) is 5.91 Å². The molecule has 1 N–H and O–H groups in total. The molecule has 1 amide bonds. The van der Waals surface area contributed by atoms with Crippen molar-refractivity contribution < 1.29 is 19.1 Å². The molecule has 0 saturated heterocycles. The molecule has 1 heterocycles. The van der Waals surface area contributed by atoms with Crippen molar-refractivity contribution in [1.29, 1.82) is 0 Å². The number of hydrogen-bond acceptors (Lipinski definition) is 6. The molecule has 0 spiro atoms. The van der Waals surface area contributed by atoms with Gasteiger partial charge in [0.15, 0.2) is 6.61 Å². The third-order valence-electron chi connectivity index (χ3n) is 4.24. The Bertz CT molecular complexity index is 940. The van der Waals surface area contributed by atoms with Gasteiger partial charge in [-0.05, 0) is 35.7 Å². The highest BCUT2D eigenvalue weighted by Crippen LogP contribution is 2.17. The molecule has 1 aromatic heterocycles. The number of hydrogen-bond donors (Lipinski definition) is 1. The Morgan fingerprint density at radius 1 is 1.10 bits per heavy atom. The second-order valence-corrected chi connectivity index (χ2v) is 6.28. The van der Waals surface area contributed by atoms with Crippen molar-refractivity contribution in [1.82, 2.24) is 20.1 Å². The van der Waals surface area contributed by atoms with Gasteiger partial charge in [-0.3, -0.25) is 4.79 Å². The number of ether oxygens (including phenoxy) is 2. The largest absolute Gasteiger partial charge is 0.496 e. The molecule has 150 valence electrons. The highest BCUT2D eigenvalue weighted by molar-refractivity contribution is 5.91. The molecule has 0 aliphatic carbocycles. The van der Waals surface area contributed by atoms with Gasteiger partial charge in [-0.2, -0.15) is 5.10 Å². The number of benzene rings is 2. The summed E-state index contributed by atoms with van der Waals surface area (Å²) in [6, 6.07) is 14.6. The van der Waals surface area contributed by atoms with Gasteiger partial charge >= 0.3 is 5.97 Å². The summed E-state index contributed by atoms with van der Waals surface area (Å²) in [6.45, 7) is 0.656. The normalized spacial score (nSPS) is 10.4. The first kappa shape index (κ1) is 20.1. The predicted molar refractivity (Wildman–Crippen MR) is 106 cm³/mol. The first-order valence-corrected chi connectivity index (χ1v) is 9.13. The van der Waals surface area contributed by atoms with Crippen molar-refractivity contribution in [3.05, 3.63) is 77.9 Å². The van der Waals surface area contributed by atoms with E-state index in [1.165, 1.54) is 6.33 Å². The monoisotopic (exact) mass is 394 g/mol. The molecule has 0 aliphatic heterocycles. The summed E-state index contributed by atoms with van der Waals surface area (Å²) >= 11 is 0. The van der Waals surface area contributed by atoms with E-state index in [2.05, 4.69) is 15.4 Å². The Kier molecular flexibility index (Phi) is 6.94. The number of nitrogens with zero attached hydrogens (tertiary/aromatic N) is 3. The number of amides is 1. The maximum Gasteiger partial charge on any atom is 0.338 e. The van der Waals surface area contributed by atoms with Crippen molar-refractivity contribution in [2.75, 3.05) is 20.3 Å². The lowest BCUT2D eigenvalue weighted by Gasteiger charge is -2.09. The highest BCUT2D eigenvalue weighted by atomic mass is 16.5. The van der Waals surface area contributed by atoms with E-state index in [1.54, 1.807) is 30.3 Å². The zero-order valence-corrected chi connectivity index (χ0v) is 16.1. The third kappa shape index (κ3) is 5.90. The third-order valence-corrected chi connectivity index (χ3v) is 4.24. The Balaban J connectivity index is 1.41. The topological polar surface area (TPSA) is 95.3 Å². The van der Waals surface area contributed by atoms with Gasteiger partial charge < -0.3 is 14.8 Å². The first-order valence-electron chi connectivity index (χ1n) is 9.13. The van der Waals surface area contributed by atoms with Crippen molar-refractivity contribution in [2.24, 2.45) is 0 Å². The van der Waals surface area contributed by atoms with Gasteiger partial charge in [0.05, 0.1) is 19.2 Å². The summed E-state index contributed by atoms with van der Waals surface area (Å²) in [7, 11) is 1.61. The smallest absolute Gasteiger partial charge is 0.338 e. The van der Waals surface area contributed by atoms with Gasteiger partial charge in [0.1, 0.15) is 18.4 Å². The van der Waals surface area contributed by atoms with Crippen LogP contribution < -0.4 is 10.1 Å². The number of esters is 1. The van der Waals surface area contributed by atoms with Gasteiger partial charge in [-0.25, -0.2) is 14.5 Å². The SMILES string of the molecule is COc1ccccc1CCNC(=O)COC(=O)c1ccc(Cn2cncn2)cc1. The standard InChI is InChI=1S/C21H22N4O4/c1-28-19-5-3-2-4-17(19)10-11-23-20(26)13-29-21(27)18-8-6-16(7-9-18)12-25-15-22-14-24-25/h2-9,14-15H,10-13H2,1H3,(H,23,26). The second kappa shape index (κ2) is 10.0. The molecule has 0 atom stereocenters. The van der Waals surface area contributed by atoms with Gasteiger partial charge in [-0.15, -0.1) is 0 Å². The van der Waals surface area contributed by atoms with Crippen LogP contribution in [-0.2, 0) is 22.5 Å². The summed E-state index contributed by atoms with van der Waals surface area (Å²) in [6.07, 6.45) is 3.71. The van der Waals surface area contributed by atoms with Crippen LogP contribution in [0, 0.1) is 0 Å². The fourth-order valence-corrected chi connectivity index (χ4v) is 2.76. The van der Waals surface area contributed by atoms with E-state index in [0.717, 1.165) is 16.9 Å². The number of methoxy groups -OCH3 is 1. The number of aromatic nitrogens is 3. The molecular weight excluding hydrogens is 372 g/mol. The van der Waals surface area contributed by atoms with E-state index in [0.29, 0.717) is 25.1 Å². The van der Waals surface area contributed by atoms with Crippen molar-refractivity contribution >= 4 is 11.9 Å². The molecule has 8 heteroatoms. The Hall–Kier alpha value is -3.68. The number of para-hydroxylation sites is 1. The van der Waals surface area contributed by atoms with Crippen LogP contribution in [0.4, 0.5) is 0 Å². The van der Waals surface area contributed by atoms with Crippen molar-refractivity contribution in [3.8, 4) is 5.75 Å². The molecule has 3 rings (SSSR count). The quantitative estimate of drug-likeness (QED) is 0.557. The fraction of sp³-hybridized carbons (Fsp3) is 0.238. The molecule has 2 aromatic carbocycles. The first-order chi connectivity index (χ1) is 14.2. The number of nitrogens with one attached hydrogen (secondary N) is 1. The number of rotatable bonds is 9. The van der Waals surface area contributed by atoms with Crippen molar-refractivity contribution in [2.45, 2.75) is 13.0 Å². The van der Waals surface area contributed by atoms with Gasteiger partial charge in [-0.1, -0.05) is 30.3 Å². The summed E-state index contributed by atoms with van der Waals surface area (Å²) in [4.78, 5) is 27.9. The van der Waals surface area contributed by atoms with E-state index < -0.39 is 5.97 Å². The fourth-order valence-electron chi connectivity index (χ4n) is 2.76. The van der Waals surface area contributed by atoms with Crippen LogP contribution >= 0.6 is 0 Å². The summed E-state index contributed by atoms with van der Waals surface area (Å²) < 4.78 is 12.0. The number of carbonyl (C=O) groups is 2. The molecule has 0 unspecified atom stereocenters. The highest BCUT2D eigenvalue weighted by Gasteiger charge is 2.10. The Labute approximate surface area is 168 Å². The Morgan fingerprint density at radius 2 is 1.90 bits per heavy atom. The zero-order chi connectivity index (χ0) is 20.5. The van der Waals surface area contributed by atoms with E-state index in [1.807, 2.05) is 36.4 Å². The maximum atomic E-state index is 12.1. The maximum absolute atomic E-state index is 12.1. The van der Waals surface area contributed by atoms with Crippen LogP contribution in [0.25, 0.3) is 0 Å². The van der Waals surface area contributed by atoms with E-state index >= 15 is 0 Å². The molecule has 0 radical (unpaired) electrons. The molecule has 0 fully saturated rings. The summed E-state index contributed by atoms with van der Waals surface area (Å²) in [5.41, 5.74) is 2.36. The predicted octanol–water partition coefficient (Wildman–Crippen LogP) is 1.85. The summed E-state index contributed by atoms with van der Waals surface area (Å²) in [5, 5.41) is 6.77. The van der Waals surface area contributed by atoms with Crippen LogP contribution in [0.1, 0.15) is 21.5 Å². The average Bonchev–Trinajstić information content (AvgIpc) is 3.26. The number of carbonyl (C=O) groups excluding carboxylic acids is 2. The van der Waals surface area contributed by atoms with Gasteiger partial charge in [0, 0.05) is 6.54 Å². The molecule has 0 bridgehead atoms. The minimum Gasteiger partial charge on any atom is -0.496 e. The Morgan fingerprint density at radius 3 is 2.62 bits per heavy atom. The van der Waals surface area contributed by atoms with Gasteiger partial charge in [0.2, 0.25) is 0 Å². The van der Waals surface area contributed by atoms with Crippen LogP contribution in [0.15, 0.2) is 61.2 Å². The summed E-state index contributed by atoms with van der Waals surface area (Å²) in [5.74, 6) is -0.117. The van der Waals surface area contributed by atoms with Crippen LogP contribution in [0.2, 0.25) is 0 Å². The van der Waals surface area contributed by atoms with Crippen molar-refractivity contribution in [3.63, 3.8) is 0 Å². The van der Waals surface area contributed by atoms with E-state index in [4.69, 9.17) is 9.47 Å². The lowest BCUT2D eigenvalue weighted by Crippen LogP contribution is -2.30. The molecule has 3 aromatic rings. The van der Waals surface area contributed by atoms with Crippen LogP contribution in [0.5, 0.6) is 5.75 Å². The van der Waals surface area contributed by atoms with Crippen LogP contribution in [-0.4, -0.2) is 46.9 Å². The minimum absolute atomic E-state index is 0.328. The molecular formula is C21H22N4O4. The molecule has 0 saturated carbocycles. The van der Waals surface area contributed by atoms with Crippen LogP contribution in [0.3, 0.4) is 0 Å². The second-order valence-electron chi connectivity index (χ2n) is 6.28. The molecule has 29 heavy (non-hydrogen) atoms. The zero-order valence-electron chi connectivity index (χ0n) is 16.1. The molecule has 0 aliphatic rings. The average molecular weight is 394 g/mol. The lowest BCUT2D eigenvalue weighted by molar-refractivity contribution is -0.124. The molecule has 8 nitrogen and oxygen atoms in total. The lowest BCUT2D eigenvalue weighted by atomic mass is 10.1. The minimum atomic E-state index is -0.544. The van der Waals surface area contributed by atoms with E-state index in [-0.39, 0.29) is 12.5 Å².